The molecule has 10 heteroatoms. The number of halogens is 1. The van der Waals surface area contributed by atoms with Gasteiger partial charge in [0.05, 0.1) is 23.9 Å². The first kappa shape index (κ1) is 23.0. The highest BCUT2D eigenvalue weighted by atomic mass is 35.5. The summed E-state index contributed by atoms with van der Waals surface area (Å²) < 4.78 is 5.25. The number of aryl methyl sites for hydroxylation is 1. The third-order valence-electron chi connectivity index (χ3n) is 5.76. The van der Waals surface area contributed by atoms with Gasteiger partial charge in [-0.05, 0) is 31.2 Å². The summed E-state index contributed by atoms with van der Waals surface area (Å²) in [5.74, 6) is 0.997. The predicted octanol–water partition coefficient (Wildman–Crippen LogP) is 2.64. The molecular weight excluding hydrogens is 424 g/mol. The maximum atomic E-state index is 9.96. The monoisotopic (exact) mass is 452 g/mol. The van der Waals surface area contributed by atoms with Crippen molar-refractivity contribution in [1.29, 1.82) is 0 Å². The van der Waals surface area contributed by atoms with Crippen molar-refractivity contribution < 1.29 is 9.84 Å². The van der Waals surface area contributed by atoms with Gasteiger partial charge in [-0.2, -0.15) is 0 Å². The van der Waals surface area contributed by atoms with E-state index in [2.05, 4.69) is 21.8 Å². The fraction of sp³-hybridized carbons (Fsp3) is 0.550. The molecule has 2 aromatic heterocycles. The molecule has 5 N–H and O–H groups in total. The first-order valence-electron chi connectivity index (χ1n) is 9.84. The Kier molecular flexibility index (Phi) is 7.41. The number of ether oxygens (including phenoxy) is 1. The zero-order valence-electron chi connectivity index (χ0n) is 17.6. The Labute approximate surface area is 186 Å². The second-order valence-electron chi connectivity index (χ2n) is 7.86. The van der Waals surface area contributed by atoms with Crippen LogP contribution in [0.25, 0.3) is 0 Å². The Hall–Kier alpha value is -1.65. The number of aromatic nitrogens is 3. The number of aliphatic hydroxyl groups excluding tert-OH is 1. The van der Waals surface area contributed by atoms with Gasteiger partial charge in [0, 0.05) is 37.3 Å². The minimum absolute atomic E-state index is 0.00824. The van der Waals surface area contributed by atoms with Gasteiger partial charge in [0.25, 0.3) is 0 Å². The van der Waals surface area contributed by atoms with E-state index in [1.54, 1.807) is 19.4 Å². The summed E-state index contributed by atoms with van der Waals surface area (Å²) >= 11 is 7.63. The van der Waals surface area contributed by atoms with E-state index < -0.39 is 0 Å². The summed E-state index contributed by atoms with van der Waals surface area (Å²) in [5.41, 5.74) is 13.5. The highest BCUT2D eigenvalue weighted by molar-refractivity contribution is 7.99. The van der Waals surface area contributed by atoms with E-state index >= 15 is 0 Å². The lowest BCUT2D eigenvalue weighted by atomic mass is 9.74. The average Bonchev–Trinajstić information content (AvgIpc) is 2.73. The van der Waals surface area contributed by atoms with Gasteiger partial charge in [-0.25, -0.2) is 15.0 Å². The van der Waals surface area contributed by atoms with Crippen LogP contribution in [0.1, 0.15) is 31.2 Å². The van der Waals surface area contributed by atoms with Crippen molar-refractivity contribution in [3.05, 3.63) is 28.7 Å². The smallest absolute Gasteiger partial charge is 0.153 e. The average molecular weight is 453 g/mol. The molecule has 1 atom stereocenters. The predicted molar refractivity (Wildman–Crippen MR) is 120 cm³/mol. The summed E-state index contributed by atoms with van der Waals surface area (Å²) in [5, 5.41) is 11.0. The molecule has 1 aliphatic rings. The van der Waals surface area contributed by atoms with Crippen molar-refractivity contribution in [2.75, 3.05) is 37.4 Å². The van der Waals surface area contributed by atoms with E-state index in [0.29, 0.717) is 22.3 Å². The SMILES string of the molecule is COC[C@@H](N)C1(C)CCN(c2nc(C)c(Sc3ccnc(N)c3Cl)nc2CO)CC1. The second-order valence-corrected chi connectivity index (χ2v) is 9.26. The third-order valence-corrected chi connectivity index (χ3v) is 7.41. The van der Waals surface area contributed by atoms with Crippen molar-refractivity contribution in [1.82, 2.24) is 15.0 Å². The minimum atomic E-state index is -0.195. The lowest BCUT2D eigenvalue weighted by Gasteiger charge is -2.43. The quantitative estimate of drug-likeness (QED) is 0.581. The van der Waals surface area contributed by atoms with Crippen LogP contribution in [0, 0.1) is 12.3 Å². The standard InChI is InChI=1S/C20H29ClN6O2S/c1-12-19(30-14-4-7-24-17(23)16(14)21)26-13(10-28)18(25-12)27-8-5-20(2,6-9-27)15(22)11-29-3/h4,7,15,28H,5-6,8-11,22H2,1-3H3,(H2,23,24)/t15-/m1/s1. The first-order valence-corrected chi connectivity index (χ1v) is 11.0. The number of piperidine rings is 1. The zero-order valence-corrected chi connectivity index (χ0v) is 19.1. The van der Waals surface area contributed by atoms with Crippen LogP contribution in [0.5, 0.6) is 0 Å². The van der Waals surface area contributed by atoms with Crippen LogP contribution in [0.2, 0.25) is 5.02 Å². The molecular formula is C20H29ClN6O2S. The molecule has 2 aromatic rings. The molecule has 30 heavy (non-hydrogen) atoms. The third kappa shape index (κ3) is 4.81. The molecule has 0 aliphatic carbocycles. The van der Waals surface area contributed by atoms with E-state index in [-0.39, 0.29) is 23.9 Å². The molecule has 8 nitrogen and oxygen atoms in total. The molecule has 0 unspecified atom stereocenters. The summed E-state index contributed by atoms with van der Waals surface area (Å²) in [4.78, 5) is 16.4. The van der Waals surface area contributed by atoms with Crippen molar-refractivity contribution in [2.45, 2.75) is 49.3 Å². The number of anilines is 2. The van der Waals surface area contributed by atoms with Gasteiger partial charge in [0.15, 0.2) is 5.82 Å². The Morgan fingerprint density at radius 1 is 1.37 bits per heavy atom. The number of hydrogen-bond acceptors (Lipinski definition) is 9. The van der Waals surface area contributed by atoms with Crippen molar-refractivity contribution in [3.63, 3.8) is 0 Å². The van der Waals surface area contributed by atoms with E-state index in [1.165, 1.54) is 11.8 Å². The van der Waals surface area contributed by atoms with Gasteiger partial charge in [-0.1, -0.05) is 30.3 Å². The van der Waals surface area contributed by atoms with Crippen molar-refractivity contribution >= 4 is 35.0 Å². The van der Waals surface area contributed by atoms with Crippen LogP contribution < -0.4 is 16.4 Å². The molecule has 1 saturated heterocycles. The maximum absolute atomic E-state index is 9.96. The van der Waals surface area contributed by atoms with E-state index in [0.717, 1.165) is 42.3 Å². The molecule has 1 aliphatic heterocycles. The highest BCUT2D eigenvalue weighted by Gasteiger charge is 2.36. The van der Waals surface area contributed by atoms with Crippen LogP contribution in [0.4, 0.5) is 11.6 Å². The summed E-state index contributed by atoms with van der Waals surface area (Å²) in [7, 11) is 1.68. The summed E-state index contributed by atoms with van der Waals surface area (Å²) in [6.45, 7) is 6.07. The Morgan fingerprint density at radius 2 is 2.07 bits per heavy atom. The van der Waals surface area contributed by atoms with Crippen molar-refractivity contribution in [2.24, 2.45) is 11.1 Å². The number of nitrogens with zero attached hydrogens (tertiary/aromatic N) is 4. The van der Waals surface area contributed by atoms with E-state index in [4.69, 9.17) is 32.8 Å². The van der Waals surface area contributed by atoms with Crippen LogP contribution in [0.3, 0.4) is 0 Å². The molecule has 1 fully saturated rings. The molecule has 3 rings (SSSR count). The van der Waals surface area contributed by atoms with Crippen molar-refractivity contribution in [3.8, 4) is 0 Å². The Balaban J connectivity index is 1.80. The fourth-order valence-corrected chi connectivity index (χ4v) is 4.69. The lowest BCUT2D eigenvalue weighted by molar-refractivity contribution is 0.0991. The first-order chi connectivity index (χ1) is 14.3. The molecule has 0 radical (unpaired) electrons. The lowest BCUT2D eigenvalue weighted by Crippen LogP contribution is -2.50. The number of pyridine rings is 1. The topological polar surface area (TPSA) is 123 Å². The number of nitrogen functional groups attached to an aromatic ring is 1. The fourth-order valence-electron chi connectivity index (χ4n) is 3.59. The largest absolute Gasteiger partial charge is 0.390 e. The highest BCUT2D eigenvalue weighted by Crippen LogP contribution is 2.38. The minimum Gasteiger partial charge on any atom is -0.390 e. The van der Waals surface area contributed by atoms with Gasteiger partial charge >= 0.3 is 0 Å². The number of methoxy groups -OCH3 is 1. The molecule has 0 amide bonds. The summed E-state index contributed by atoms with van der Waals surface area (Å²) in [6, 6.07) is 1.78. The number of hydrogen-bond donors (Lipinski definition) is 3. The van der Waals surface area contributed by atoms with Crippen LogP contribution in [-0.4, -0.2) is 52.9 Å². The second kappa shape index (κ2) is 9.65. The zero-order chi connectivity index (χ0) is 21.9. The molecule has 164 valence electrons. The molecule has 0 spiro atoms. The van der Waals surface area contributed by atoms with E-state index in [1.807, 2.05) is 6.92 Å². The normalized spacial score (nSPS) is 17.2. The Morgan fingerprint density at radius 3 is 2.70 bits per heavy atom. The number of nitrogens with two attached hydrogens (primary N) is 2. The van der Waals surface area contributed by atoms with Gasteiger partial charge in [-0.3, -0.25) is 0 Å². The summed E-state index contributed by atoms with van der Waals surface area (Å²) in [6.07, 6.45) is 3.45. The van der Waals surface area contributed by atoms with Gasteiger partial charge in [0.1, 0.15) is 16.5 Å². The Bertz CT molecular complexity index is 892. The molecule has 3 heterocycles. The van der Waals surface area contributed by atoms with Gasteiger partial charge < -0.3 is 26.2 Å². The molecule has 0 saturated carbocycles. The molecule has 0 aromatic carbocycles. The van der Waals surface area contributed by atoms with E-state index in [9.17, 15) is 5.11 Å². The van der Waals surface area contributed by atoms with Gasteiger partial charge in [-0.15, -0.1) is 0 Å². The van der Waals surface area contributed by atoms with Crippen LogP contribution >= 0.6 is 23.4 Å². The maximum Gasteiger partial charge on any atom is 0.153 e. The van der Waals surface area contributed by atoms with Crippen LogP contribution in [0.15, 0.2) is 22.2 Å². The number of rotatable bonds is 7. The van der Waals surface area contributed by atoms with Crippen LogP contribution in [-0.2, 0) is 11.3 Å². The molecule has 0 bridgehead atoms. The number of aliphatic hydroxyl groups is 1. The van der Waals surface area contributed by atoms with Gasteiger partial charge in [0.2, 0.25) is 0 Å².